The molecule has 0 unspecified atom stereocenters. The second-order valence-electron chi connectivity index (χ2n) is 5.66. The van der Waals surface area contributed by atoms with E-state index in [0.29, 0.717) is 38.2 Å². The number of ether oxygens (including phenoxy) is 1. The maximum atomic E-state index is 9.89. The van der Waals surface area contributed by atoms with Crippen LogP contribution in [0.4, 0.5) is 0 Å². The first kappa shape index (κ1) is 16.4. The monoisotopic (exact) mass is 298 g/mol. The van der Waals surface area contributed by atoms with E-state index in [4.69, 9.17) is 9.26 Å². The van der Waals surface area contributed by atoms with Crippen molar-refractivity contribution in [3.05, 3.63) is 11.7 Å². The summed E-state index contributed by atoms with van der Waals surface area (Å²) < 4.78 is 10.2. The van der Waals surface area contributed by atoms with Gasteiger partial charge < -0.3 is 14.4 Å². The summed E-state index contributed by atoms with van der Waals surface area (Å²) >= 11 is 0. The third kappa shape index (κ3) is 5.03. The average molecular weight is 298 g/mol. The molecule has 1 aromatic heterocycles. The Morgan fingerprint density at radius 3 is 3.05 bits per heavy atom. The Hall–Kier alpha value is -1.02. The van der Waals surface area contributed by atoms with Crippen LogP contribution in [0.25, 0.3) is 0 Å². The highest BCUT2D eigenvalue weighted by Gasteiger charge is 2.27. The van der Waals surface area contributed by atoms with Crippen LogP contribution in [0.5, 0.6) is 0 Å². The molecule has 2 atom stereocenters. The van der Waals surface area contributed by atoms with Crippen molar-refractivity contribution < 1.29 is 14.4 Å². The third-order valence-corrected chi connectivity index (χ3v) is 3.81. The summed E-state index contributed by atoms with van der Waals surface area (Å²) in [6.45, 7) is 8.12. The van der Waals surface area contributed by atoms with Crippen LogP contribution in [0.1, 0.15) is 25.1 Å². The summed E-state index contributed by atoms with van der Waals surface area (Å²) in [6.07, 6.45) is 0.683. The van der Waals surface area contributed by atoms with Gasteiger partial charge in [0, 0.05) is 32.7 Å². The Balaban J connectivity index is 1.73. The zero-order valence-corrected chi connectivity index (χ0v) is 13.2. The van der Waals surface area contributed by atoms with Crippen LogP contribution in [-0.2, 0) is 11.3 Å². The molecule has 1 saturated heterocycles. The van der Waals surface area contributed by atoms with Crippen molar-refractivity contribution in [2.24, 2.45) is 0 Å². The van der Waals surface area contributed by atoms with Crippen LogP contribution in [0.2, 0.25) is 0 Å². The molecule has 0 radical (unpaired) electrons. The molecule has 7 heteroatoms. The van der Waals surface area contributed by atoms with Gasteiger partial charge in [0.15, 0.2) is 5.82 Å². The molecule has 0 aromatic carbocycles. The average Bonchev–Trinajstić information content (AvgIpc) is 3.06. The molecule has 0 spiro atoms. The lowest BCUT2D eigenvalue weighted by Crippen LogP contribution is -2.37. The molecule has 0 saturated carbocycles. The fourth-order valence-electron chi connectivity index (χ4n) is 2.70. The number of nitrogens with zero attached hydrogens (tertiary/aromatic N) is 4. The van der Waals surface area contributed by atoms with Gasteiger partial charge in [-0.05, 0) is 26.9 Å². The van der Waals surface area contributed by atoms with Gasteiger partial charge in [0.05, 0.1) is 19.3 Å². The molecule has 21 heavy (non-hydrogen) atoms. The Kier molecular flexibility index (Phi) is 6.10. The van der Waals surface area contributed by atoms with Gasteiger partial charge >= 0.3 is 0 Å². The fraction of sp³-hybridized carbons (Fsp3) is 0.857. The van der Waals surface area contributed by atoms with E-state index in [-0.39, 0.29) is 0 Å². The van der Waals surface area contributed by atoms with Gasteiger partial charge in [-0.25, -0.2) is 0 Å². The van der Waals surface area contributed by atoms with Crippen LogP contribution in [0, 0.1) is 6.92 Å². The molecule has 0 bridgehead atoms. The molecular weight excluding hydrogens is 272 g/mol. The molecule has 0 amide bonds. The zero-order chi connectivity index (χ0) is 15.2. The topological polar surface area (TPSA) is 74.9 Å². The number of hydrogen-bond donors (Lipinski definition) is 1. The van der Waals surface area contributed by atoms with Gasteiger partial charge in [-0.1, -0.05) is 5.16 Å². The summed E-state index contributed by atoms with van der Waals surface area (Å²) in [5, 5.41) is 13.8. The smallest absolute Gasteiger partial charge is 0.223 e. The number of aromatic nitrogens is 2. The van der Waals surface area contributed by atoms with Crippen LogP contribution in [-0.4, -0.2) is 77.1 Å². The normalized spacial score (nSPS) is 21.3. The van der Waals surface area contributed by atoms with Gasteiger partial charge in [0.1, 0.15) is 0 Å². The molecule has 7 nitrogen and oxygen atoms in total. The SMILES string of the molecule is CCOC[C@@H](O)CN1CC[C@H](N(C)Cc2noc(C)n2)C1. The van der Waals surface area contributed by atoms with E-state index in [9.17, 15) is 5.11 Å². The number of likely N-dealkylation sites (tertiary alicyclic amines) is 1. The lowest BCUT2D eigenvalue weighted by atomic mass is 10.2. The molecule has 2 rings (SSSR count). The van der Waals surface area contributed by atoms with Crippen molar-refractivity contribution in [1.82, 2.24) is 19.9 Å². The Bertz CT molecular complexity index is 426. The quantitative estimate of drug-likeness (QED) is 0.739. The Labute approximate surface area is 125 Å². The fourth-order valence-corrected chi connectivity index (χ4v) is 2.70. The number of aliphatic hydroxyl groups is 1. The second-order valence-corrected chi connectivity index (χ2v) is 5.66. The number of β-amino-alcohol motifs (C(OH)–C–C–N with tert-alkyl or cyclic N) is 1. The maximum Gasteiger partial charge on any atom is 0.223 e. The molecule has 120 valence electrons. The van der Waals surface area contributed by atoms with Gasteiger partial charge in [-0.3, -0.25) is 9.80 Å². The molecule has 1 aromatic rings. The first-order chi connectivity index (χ1) is 10.1. The minimum atomic E-state index is -0.408. The van der Waals surface area contributed by atoms with Crippen molar-refractivity contribution in [3.8, 4) is 0 Å². The molecule has 2 heterocycles. The number of hydrogen-bond acceptors (Lipinski definition) is 7. The highest BCUT2D eigenvalue weighted by atomic mass is 16.5. The molecule has 1 N–H and O–H groups in total. The van der Waals surface area contributed by atoms with E-state index in [2.05, 4.69) is 27.0 Å². The summed E-state index contributed by atoms with van der Waals surface area (Å²) in [4.78, 5) is 8.77. The first-order valence-corrected chi connectivity index (χ1v) is 7.56. The lowest BCUT2D eigenvalue weighted by Gasteiger charge is -2.24. The van der Waals surface area contributed by atoms with Gasteiger partial charge in [0.2, 0.25) is 5.89 Å². The van der Waals surface area contributed by atoms with Crippen LogP contribution < -0.4 is 0 Å². The number of aryl methyl sites for hydroxylation is 1. The minimum Gasteiger partial charge on any atom is -0.389 e. The van der Waals surface area contributed by atoms with E-state index in [0.717, 1.165) is 25.3 Å². The van der Waals surface area contributed by atoms with Crippen molar-refractivity contribution in [1.29, 1.82) is 0 Å². The van der Waals surface area contributed by atoms with Crippen molar-refractivity contribution in [3.63, 3.8) is 0 Å². The van der Waals surface area contributed by atoms with Gasteiger partial charge in [0.25, 0.3) is 0 Å². The molecular formula is C14H26N4O3. The summed E-state index contributed by atoms with van der Waals surface area (Å²) in [5.41, 5.74) is 0. The number of rotatable bonds is 8. The first-order valence-electron chi connectivity index (χ1n) is 7.56. The molecule has 0 aliphatic carbocycles. The van der Waals surface area contributed by atoms with Crippen molar-refractivity contribution in [2.45, 2.75) is 39.0 Å². The highest BCUT2D eigenvalue weighted by Crippen LogP contribution is 2.16. The predicted molar refractivity (Wildman–Crippen MR) is 77.8 cm³/mol. The molecule has 1 aliphatic heterocycles. The highest BCUT2D eigenvalue weighted by molar-refractivity contribution is 4.88. The third-order valence-electron chi connectivity index (χ3n) is 3.81. The largest absolute Gasteiger partial charge is 0.389 e. The zero-order valence-electron chi connectivity index (χ0n) is 13.2. The van der Waals surface area contributed by atoms with E-state index in [1.165, 1.54) is 0 Å². The van der Waals surface area contributed by atoms with Gasteiger partial charge in [-0.15, -0.1) is 0 Å². The van der Waals surface area contributed by atoms with E-state index in [1.54, 1.807) is 6.92 Å². The van der Waals surface area contributed by atoms with Crippen LogP contribution in [0.15, 0.2) is 4.52 Å². The van der Waals surface area contributed by atoms with Crippen LogP contribution >= 0.6 is 0 Å². The number of aliphatic hydroxyl groups excluding tert-OH is 1. The Morgan fingerprint density at radius 1 is 1.57 bits per heavy atom. The van der Waals surface area contributed by atoms with E-state index < -0.39 is 6.10 Å². The Morgan fingerprint density at radius 2 is 2.38 bits per heavy atom. The maximum absolute atomic E-state index is 9.89. The molecule has 1 aliphatic rings. The predicted octanol–water partition coefficient (Wildman–Crippen LogP) is 0.282. The summed E-state index contributed by atoms with van der Waals surface area (Å²) in [7, 11) is 2.08. The second kappa shape index (κ2) is 7.84. The minimum absolute atomic E-state index is 0.408. The summed E-state index contributed by atoms with van der Waals surface area (Å²) in [6, 6.07) is 0.461. The van der Waals surface area contributed by atoms with E-state index in [1.807, 2.05) is 6.92 Å². The van der Waals surface area contributed by atoms with E-state index >= 15 is 0 Å². The van der Waals surface area contributed by atoms with Crippen molar-refractivity contribution >= 4 is 0 Å². The standard InChI is InChI=1S/C14H26N4O3/c1-4-20-10-13(19)8-18-6-5-12(7-18)17(3)9-14-15-11(2)21-16-14/h12-13,19H,4-10H2,1-3H3/t12-,13-/m0/s1. The molecule has 1 fully saturated rings. The van der Waals surface area contributed by atoms with Crippen LogP contribution in [0.3, 0.4) is 0 Å². The van der Waals surface area contributed by atoms with Gasteiger partial charge in [-0.2, -0.15) is 4.98 Å². The summed E-state index contributed by atoms with van der Waals surface area (Å²) in [5.74, 6) is 1.33. The van der Waals surface area contributed by atoms with Crippen molar-refractivity contribution in [2.75, 3.05) is 39.9 Å². The number of likely N-dealkylation sites (N-methyl/N-ethyl adjacent to an activating group) is 1. The lowest BCUT2D eigenvalue weighted by molar-refractivity contribution is 0.0240.